The van der Waals surface area contributed by atoms with Crippen LogP contribution in [-0.4, -0.2) is 47.6 Å². The predicted molar refractivity (Wildman–Crippen MR) is 103 cm³/mol. The van der Waals surface area contributed by atoms with Gasteiger partial charge in [-0.25, -0.2) is 8.42 Å². The summed E-state index contributed by atoms with van der Waals surface area (Å²) < 4.78 is 23.2. The van der Waals surface area contributed by atoms with E-state index in [1.165, 1.54) is 35.2 Å². The number of nitrogens with zero attached hydrogens (tertiary/aromatic N) is 3. The quantitative estimate of drug-likeness (QED) is 0.516. The third-order valence-corrected chi connectivity index (χ3v) is 5.78. The largest absolute Gasteiger partial charge is 0.334 e. The molecule has 1 N–H and O–H groups in total. The molecule has 0 radical (unpaired) electrons. The van der Waals surface area contributed by atoms with Crippen LogP contribution in [0.2, 0.25) is 0 Å². The summed E-state index contributed by atoms with van der Waals surface area (Å²) in [5.41, 5.74) is 1.22. The highest BCUT2D eigenvalue weighted by Gasteiger charge is 2.24. The number of hydrogen-bond acceptors (Lipinski definition) is 6. The van der Waals surface area contributed by atoms with E-state index in [1.807, 2.05) is 0 Å². The summed E-state index contributed by atoms with van der Waals surface area (Å²) in [6, 6.07) is 10.1. The number of benzene rings is 2. The average molecular weight is 402 g/mol. The highest BCUT2D eigenvalue weighted by Crippen LogP contribution is 2.26. The zero-order chi connectivity index (χ0) is 20.6. The third kappa shape index (κ3) is 3.58. The lowest BCUT2D eigenvalue weighted by Crippen LogP contribution is -2.30. The van der Waals surface area contributed by atoms with Gasteiger partial charge in [-0.3, -0.25) is 20.0 Å². The molecule has 10 heteroatoms. The van der Waals surface area contributed by atoms with Gasteiger partial charge in [-0.15, -0.1) is 0 Å². The summed E-state index contributed by atoms with van der Waals surface area (Å²) in [5, 5.41) is 18.1. The summed E-state index contributed by atoms with van der Waals surface area (Å²) in [7, 11) is -1.71. The van der Waals surface area contributed by atoms with Crippen molar-refractivity contribution in [3.63, 3.8) is 0 Å². The number of non-ortho nitro benzene ring substituents is 1. The molecular formula is C18H18N4O5S. The molecule has 0 aliphatic heterocycles. The second-order valence-corrected chi connectivity index (χ2v) is 8.51. The SMILES string of the molecule is C[C@H](c1ccc(S(C)(=O)=O)cc1)N(C)C(=O)c1n[nH]c2ccc([N+](=O)[O-])cc12. The molecule has 0 aliphatic carbocycles. The second-order valence-electron chi connectivity index (χ2n) is 6.49. The Labute approximate surface area is 161 Å². The highest BCUT2D eigenvalue weighted by molar-refractivity contribution is 7.90. The molecule has 2 aromatic carbocycles. The molecule has 3 aromatic rings. The maximum atomic E-state index is 12.9. The van der Waals surface area contributed by atoms with Crippen LogP contribution in [0.15, 0.2) is 47.4 Å². The van der Waals surface area contributed by atoms with E-state index in [0.29, 0.717) is 10.9 Å². The Kier molecular flexibility index (Phi) is 4.90. The number of carbonyl (C=O) groups is 1. The van der Waals surface area contributed by atoms with Crippen LogP contribution in [0.5, 0.6) is 0 Å². The zero-order valence-electron chi connectivity index (χ0n) is 15.4. The maximum absolute atomic E-state index is 12.9. The van der Waals surface area contributed by atoms with Gasteiger partial charge in [0.05, 0.1) is 21.4 Å². The van der Waals surface area contributed by atoms with Gasteiger partial charge in [-0.2, -0.15) is 5.10 Å². The number of aromatic nitrogens is 2. The highest BCUT2D eigenvalue weighted by atomic mass is 32.2. The predicted octanol–water partition coefficient (Wildman–Crippen LogP) is 2.71. The lowest BCUT2D eigenvalue weighted by molar-refractivity contribution is -0.384. The molecule has 0 saturated carbocycles. The van der Waals surface area contributed by atoms with E-state index in [-0.39, 0.29) is 22.3 Å². The van der Waals surface area contributed by atoms with Crippen molar-refractivity contribution in [3.05, 3.63) is 63.8 Å². The zero-order valence-corrected chi connectivity index (χ0v) is 16.2. The fraction of sp³-hybridized carbons (Fsp3) is 0.222. The minimum absolute atomic E-state index is 0.0841. The van der Waals surface area contributed by atoms with Gasteiger partial charge in [0.15, 0.2) is 15.5 Å². The standard InChI is InChI=1S/C18H18N4O5S/c1-11(12-4-7-14(8-5-12)28(3,26)27)21(2)18(23)17-15-10-13(22(24)25)6-9-16(15)19-20-17/h4-11H,1-3H3,(H,19,20)/t11-/m1/s1. The van der Waals surface area contributed by atoms with Crippen molar-refractivity contribution in [2.45, 2.75) is 17.9 Å². The van der Waals surface area contributed by atoms with Crippen molar-refractivity contribution >= 4 is 32.3 Å². The number of sulfone groups is 1. The van der Waals surface area contributed by atoms with Crippen LogP contribution >= 0.6 is 0 Å². The van der Waals surface area contributed by atoms with Crippen molar-refractivity contribution in [1.29, 1.82) is 0 Å². The molecule has 28 heavy (non-hydrogen) atoms. The molecule has 1 amide bonds. The number of rotatable bonds is 5. The molecule has 1 heterocycles. The third-order valence-electron chi connectivity index (χ3n) is 4.65. The number of nitro benzene ring substituents is 1. The average Bonchev–Trinajstić information content (AvgIpc) is 3.08. The minimum atomic E-state index is -3.30. The molecule has 0 unspecified atom stereocenters. The topological polar surface area (TPSA) is 126 Å². The van der Waals surface area contributed by atoms with E-state index >= 15 is 0 Å². The first-order valence-corrected chi connectivity index (χ1v) is 10.2. The van der Waals surface area contributed by atoms with Gasteiger partial charge in [-0.1, -0.05) is 12.1 Å². The molecule has 0 spiro atoms. The lowest BCUT2D eigenvalue weighted by atomic mass is 10.1. The molecule has 9 nitrogen and oxygen atoms in total. The van der Waals surface area contributed by atoms with Crippen LogP contribution in [0.4, 0.5) is 5.69 Å². The number of nitro groups is 1. The van der Waals surface area contributed by atoms with Crippen molar-refractivity contribution in [3.8, 4) is 0 Å². The summed E-state index contributed by atoms with van der Waals surface area (Å²) >= 11 is 0. The number of hydrogen-bond donors (Lipinski definition) is 1. The lowest BCUT2D eigenvalue weighted by Gasteiger charge is -2.25. The Balaban J connectivity index is 1.91. The van der Waals surface area contributed by atoms with Gasteiger partial charge in [-0.05, 0) is 30.7 Å². The first-order valence-electron chi connectivity index (χ1n) is 8.29. The van der Waals surface area contributed by atoms with Gasteiger partial charge < -0.3 is 4.90 Å². The van der Waals surface area contributed by atoms with Crippen LogP contribution in [0.25, 0.3) is 10.9 Å². The molecule has 0 bridgehead atoms. The van der Waals surface area contributed by atoms with Crippen molar-refractivity contribution < 1.29 is 18.1 Å². The number of H-pyrrole nitrogens is 1. The minimum Gasteiger partial charge on any atom is -0.334 e. The Morgan fingerprint density at radius 2 is 1.86 bits per heavy atom. The molecule has 0 fully saturated rings. The van der Waals surface area contributed by atoms with Crippen LogP contribution in [0, 0.1) is 10.1 Å². The molecule has 146 valence electrons. The normalized spacial score (nSPS) is 12.7. The van der Waals surface area contributed by atoms with E-state index in [4.69, 9.17) is 0 Å². The van der Waals surface area contributed by atoms with Crippen LogP contribution in [0.1, 0.15) is 29.0 Å². The van der Waals surface area contributed by atoms with Gasteiger partial charge >= 0.3 is 0 Å². The molecular weight excluding hydrogens is 384 g/mol. The second kappa shape index (κ2) is 7.04. The Hall–Kier alpha value is -3.27. The summed E-state index contributed by atoms with van der Waals surface area (Å²) in [6.07, 6.45) is 1.13. The van der Waals surface area contributed by atoms with Gasteiger partial charge in [0.1, 0.15) is 0 Å². The Bertz CT molecular complexity index is 1170. The number of amides is 1. The molecule has 0 saturated heterocycles. The smallest absolute Gasteiger partial charge is 0.275 e. The number of nitrogens with one attached hydrogen (secondary N) is 1. The fourth-order valence-corrected chi connectivity index (χ4v) is 3.47. The van der Waals surface area contributed by atoms with E-state index in [0.717, 1.165) is 11.8 Å². The Morgan fingerprint density at radius 1 is 1.21 bits per heavy atom. The van der Waals surface area contributed by atoms with Gasteiger partial charge in [0.25, 0.3) is 11.6 Å². The Morgan fingerprint density at radius 3 is 2.43 bits per heavy atom. The van der Waals surface area contributed by atoms with Crippen molar-refractivity contribution in [2.24, 2.45) is 0 Å². The van der Waals surface area contributed by atoms with Crippen molar-refractivity contribution in [1.82, 2.24) is 15.1 Å². The van der Waals surface area contributed by atoms with Gasteiger partial charge in [0, 0.05) is 30.8 Å². The van der Waals surface area contributed by atoms with Crippen LogP contribution in [-0.2, 0) is 9.84 Å². The van der Waals surface area contributed by atoms with E-state index in [2.05, 4.69) is 10.2 Å². The van der Waals surface area contributed by atoms with Crippen molar-refractivity contribution in [2.75, 3.05) is 13.3 Å². The summed E-state index contributed by atoms with van der Waals surface area (Å²) in [5.74, 6) is -0.411. The van der Waals surface area contributed by atoms with E-state index < -0.39 is 20.7 Å². The first kappa shape index (κ1) is 19.5. The van der Waals surface area contributed by atoms with E-state index in [9.17, 15) is 23.3 Å². The summed E-state index contributed by atoms with van der Waals surface area (Å²) in [6.45, 7) is 1.80. The first-order chi connectivity index (χ1) is 13.1. The van der Waals surface area contributed by atoms with Crippen LogP contribution in [0.3, 0.4) is 0 Å². The molecule has 3 rings (SSSR count). The van der Waals surface area contributed by atoms with Crippen LogP contribution < -0.4 is 0 Å². The fourth-order valence-electron chi connectivity index (χ4n) is 2.84. The summed E-state index contributed by atoms with van der Waals surface area (Å²) in [4.78, 5) is 25.0. The number of aromatic amines is 1. The maximum Gasteiger partial charge on any atom is 0.275 e. The van der Waals surface area contributed by atoms with E-state index in [1.54, 1.807) is 26.1 Å². The molecule has 1 atom stereocenters. The molecule has 1 aromatic heterocycles. The number of fused-ring (bicyclic) bond motifs is 1. The molecule has 0 aliphatic rings. The van der Waals surface area contributed by atoms with Gasteiger partial charge in [0.2, 0.25) is 0 Å². The number of carbonyl (C=O) groups excluding carboxylic acids is 1. The monoisotopic (exact) mass is 402 g/mol.